The van der Waals surface area contributed by atoms with Crippen molar-refractivity contribution < 1.29 is 9.47 Å². The van der Waals surface area contributed by atoms with Crippen LogP contribution in [-0.4, -0.2) is 25.9 Å². The molecule has 1 aliphatic rings. The van der Waals surface area contributed by atoms with Gasteiger partial charge < -0.3 is 9.47 Å². The van der Waals surface area contributed by atoms with Crippen LogP contribution >= 0.6 is 0 Å². The summed E-state index contributed by atoms with van der Waals surface area (Å²) in [4.78, 5) is 0. The average molecular weight is 210 g/mol. The van der Waals surface area contributed by atoms with Gasteiger partial charge in [0.1, 0.15) is 0 Å². The highest BCUT2D eigenvalue weighted by atomic mass is 16.5. The molecule has 0 bridgehead atoms. The summed E-state index contributed by atoms with van der Waals surface area (Å²) in [5.74, 6) is 0. The molecular weight excluding hydrogens is 188 g/mol. The van der Waals surface area contributed by atoms with Crippen molar-refractivity contribution in [3.8, 4) is 0 Å². The van der Waals surface area contributed by atoms with Crippen LogP contribution in [0.4, 0.5) is 0 Å². The molecule has 1 atom stereocenters. The Morgan fingerprint density at radius 1 is 1.47 bits per heavy atom. The molecule has 0 aromatic carbocycles. The van der Waals surface area contributed by atoms with Gasteiger partial charge in [-0.05, 0) is 5.57 Å². The number of ether oxygens (including phenoxy) is 2. The largest absolute Gasteiger partial charge is 0.373 e. The minimum absolute atomic E-state index is 0.208. The van der Waals surface area contributed by atoms with Crippen molar-refractivity contribution in [2.45, 2.75) is 26.4 Å². The summed E-state index contributed by atoms with van der Waals surface area (Å²) in [6.45, 7) is 13.3. The van der Waals surface area contributed by atoms with Crippen LogP contribution in [0.3, 0.4) is 0 Å². The third kappa shape index (κ3) is 7.11. The monoisotopic (exact) mass is 210 g/mol. The fourth-order valence-corrected chi connectivity index (χ4v) is 1.18. The smallest absolute Gasteiger partial charge is 0.0798 e. The summed E-state index contributed by atoms with van der Waals surface area (Å²) in [5.41, 5.74) is 1.17. The van der Waals surface area contributed by atoms with Crippen LogP contribution in [0.2, 0.25) is 0 Å². The maximum atomic E-state index is 5.41. The zero-order chi connectivity index (χ0) is 11.5. The zero-order valence-corrected chi connectivity index (χ0v) is 9.87. The molecule has 1 rings (SSSR count). The minimum atomic E-state index is 0.208. The Balaban J connectivity index is 0.000000921. The second-order valence-electron chi connectivity index (χ2n) is 3.06. The van der Waals surface area contributed by atoms with E-state index in [1.165, 1.54) is 5.57 Å². The van der Waals surface area contributed by atoms with Gasteiger partial charge in [0, 0.05) is 6.42 Å². The SMILES string of the molecule is C=CCOC/C=C/C1CC(=C)CO1.CC. The van der Waals surface area contributed by atoms with Crippen molar-refractivity contribution in [3.63, 3.8) is 0 Å². The lowest BCUT2D eigenvalue weighted by atomic mass is 10.2. The Kier molecular flexibility index (Phi) is 9.13. The van der Waals surface area contributed by atoms with E-state index >= 15 is 0 Å². The standard InChI is InChI=1S/C11H16O2.C2H6/c1-3-6-12-7-4-5-11-8-10(2)9-13-11;1-2/h3-5,11H,1-2,6-9H2;1-2H3/b5-4+;. The normalized spacial score (nSPS) is 20.1. The molecule has 2 nitrogen and oxygen atoms in total. The maximum Gasteiger partial charge on any atom is 0.0798 e. The first-order valence-electron chi connectivity index (χ1n) is 5.46. The summed E-state index contributed by atoms with van der Waals surface area (Å²) in [5, 5.41) is 0. The highest BCUT2D eigenvalue weighted by Gasteiger charge is 2.14. The number of hydrogen-bond donors (Lipinski definition) is 0. The summed E-state index contributed by atoms with van der Waals surface area (Å²) in [7, 11) is 0. The number of hydrogen-bond acceptors (Lipinski definition) is 2. The van der Waals surface area contributed by atoms with Crippen molar-refractivity contribution in [1.82, 2.24) is 0 Å². The topological polar surface area (TPSA) is 18.5 Å². The Bertz CT molecular complexity index is 207. The first-order chi connectivity index (χ1) is 7.33. The molecule has 2 heteroatoms. The molecule has 0 aliphatic carbocycles. The van der Waals surface area contributed by atoms with Gasteiger partial charge in [0.2, 0.25) is 0 Å². The molecule has 1 saturated heterocycles. The lowest BCUT2D eigenvalue weighted by Crippen LogP contribution is -2.00. The van der Waals surface area contributed by atoms with E-state index in [0.717, 1.165) is 6.42 Å². The highest BCUT2D eigenvalue weighted by Crippen LogP contribution is 2.17. The van der Waals surface area contributed by atoms with Gasteiger partial charge in [0.25, 0.3) is 0 Å². The molecule has 0 spiro atoms. The van der Waals surface area contributed by atoms with E-state index in [1.54, 1.807) is 6.08 Å². The van der Waals surface area contributed by atoms with Crippen LogP contribution in [0.15, 0.2) is 37.0 Å². The average Bonchev–Trinajstić information content (AvgIpc) is 2.67. The lowest BCUT2D eigenvalue weighted by molar-refractivity contribution is 0.147. The van der Waals surface area contributed by atoms with E-state index in [2.05, 4.69) is 13.2 Å². The highest BCUT2D eigenvalue weighted by molar-refractivity contribution is 5.07. The summed E-state index contributed by atoms with van der Waals surface area (Å²) in [6.07, 6.45) is 6.90. The Hall–Kier alpha value is -0.860. The molecule has 15 heavy (non-hydrogen) atoms. The van der Waals surface area contributed by atoms with Gasteiger partial charge in [-0.15, -0.1) is 6.58 Å². The fourth-order valence-electron chi connectivity index (χ4n) is 1.18. The minimum Gasteiger partial charge on any atom is -0.373 e. The molecule has 1 unspecified atom stereocenters. The van der Waals surface area contributed by atoms with Crippen LogP contribution in [0.25, 0.3) is 0 Å². The first-order valence-corrected chi connectivity index (χ1v) is 5.46. The molecule has 0 N–H and O–H groups in total. The van der Waals surface area contributed by atoms with Crippen LogP contribution < -0.4 is 0 Å². The van der Waals surface area contributed by atoms with E-state index in [9.17, 15) is 0 Å². The third-order valence-electron chi connectivity index (χ3n) is 1.79. The van der Waals surface area contributed by atoms with Crippen molar-refractivity contribution >= 4 is 0 Å². The summed E-state index contributed by atoms with van der Waals surface area (Å²) >= 11 is 0. The van der Waals surface area contributed by atoms with Gasteiger partial charge in [-0.1, -0.05) is 38.7 Å². The predicted octanol–water partition coefficient (Wildman–Crippen LogP) is 3.12. The lowest BCUT2D eigenvalue weighted by Gasteiger charge is -2.00. The summed E-state index contributed by atoms with van der Waals surface area (Å²) < 4.78 is 10.6. The predicted molar refractivity (Wildman–Crippen MR) is 65.0 cm³/mol. The van der Waals surface area contributed by atoms with Crippen LogP contribution in [0, 0.1) is 0 Å². The van der Waals surface area contributed by atoms with E-state index < -0.39 is 0 Å². The van der Waals surface area contributed by atoms with Gasteiger partial charge in [-0.3, -0.25) is 0 Å². The zero-order valence-electron chi connectivity index (χ0n) is 9.87. The molecule has 86 valence electrons. The van der Waals surface area contributed by atoms with Crippen molar-refractivity contribution in [1.29, 1.82) is 0 Å². The molecule has 0 aromatic heterocycles. The third-order valence-corrected chi connectivity index (χ3v) is 1.79. The second kappa shape index (κ2) is 9.69. The van der Waals surface area contributed by atoms with Crippen molar-refractivity contribution in [2.75, 3.05) is 19.8 Å². The molecule has 1 heterocycles. The fraction of sp³-hybridized carbons (Fsp3) is 0.538. The van der Waals surface area contributed by atoms with Gasteiger partial charge in [-0.2, -0.15) is 0 Å². The summed E-state index contributed by atoms with van der Waals surface area (Å²) in [6, 6.07) is 0. The molecule has 0 saturated carbocycles. The van der Waals surface area contributed by atoms with Gasteiger partial charge in [-0.25, -0.2) is 0 Å². The molecular formula is C13H22O2. The van der Waals surface area contributed by atoms with E-state index in [1.807, 2.05) is 26.0 Å². The van der Waals surface area contributed by atoms with Crippen LogP contribution in [-0.2, 0) is 9.47 Å². The van der Waals surface area contributed by atoms with E-state index in [-0.39, 0.29) is 6.10 Å². The maximum absolute atomic E-state index is 5.41. The van der Waals surface area contributed by atoms with Crippen LogP contribution in [0.1, 0.15) is 20.3 Å². The molecule has 0 amide bonds. The van der Waals surface area contributed by atoms with Crippen molar-refractivity contribution in [2.24, 2.45) is 0 Å². The first kappa shape index (κ1) is 14.1. The Morgan fingerprint density at radius 2 is 2.20 bits per heavy atom. The van der Waals surface area contributed by atoms with E-state index in [0.29, 0.717) is 19.8 Å². The molecule has 0 aromatic rings. The number of rotatable bonds is 5. The van der Waals surface area contributed by atoms with Gasteiger partial charge in [0.15, 0.2) is 0 Å². The molecule has 1 fully saturated rings. The second-order valence-corrected chi connectivity index (χ2v) is 3.06. The van der Waals surface area contributed by atoms with Gasteiger partial charge >= 0.3 is 0 Å². The van der Waals surface area contributed by atoms with Crippen LogP contribution in [0.5, 0.6) is 0 Å². The quantitative estimate of drug-likeness (QED) is 0.513. The molecule has 0 radical (unpaired) electrons. The Morgan fingerprint density at radius 3 is 2.73 bits per heavy atom. The molecule has 1 aliphatic heterocycles. The Labute approximate surface area is 93.3 Å². The van der Waals surface area contributed by atoms with Gasteiger partial charge in [0.05, 0.1) is 25.9 Å². The van der Waals surface area contributed by atoms with E-state index in [4.69, 9.17) is 9.47 Å². The van der Waals surface area contributed by atoms with Crippen molar-refractivity contribution in [3.05, 3.63) is 37.0 Å².